The molecule has 0 saturated carbocycles. The number of hydrogen-bond donors (Lipinski definition) is 0. The Bertz CT molecular complexity index is 123. The predicted octanol–water partition coefficient (Wildman–Crippen LogP) is 3.07. The summed E-state index contributed by atoms with van der Waals surface area (Å²) in [6.07, 6.45) is 3.33. The van der Waals surface area contributed by atoms with E-state index < -0.39 is 0 Å². The highest BCUT2D eigenvalue weighted by Gasteiger charge is 2.12. The molecule has 0 aliphatic heterocycles. The van der Waals surface area contributed by atoms with Crippen molar-refractivity contribution < 1.29 is 4.79 Å². The van der Waals surface area contributed by atoms with Gasteiger partial charge in [-0.2, -0.15) is 0 Å². The molecule has 2 heteroatoms. The third-order valence-corrected chi connectivity index (χ3v) is 2.14. The first-order valence-corrected chi connectivity index (χ1v) is 5.36. The fraction of sp³-hybridized carbons (Fsp3) is 0.909. The number of nitrogens with zero attached hydrogens (tertiary/aromatic N) is 1. The SMILES string of the molecule is CC.CCC[C@@H](CC)N(C)C(C)=O. The van der Waals surface area contributed by atoms with Gasteiger partial charge in [0, 0.05) is 20.0 Å². The molecule has 2 nitrogen and oxygen atoms in total. The molecule has 1 atom stereocenters. The zero-order chi connectivity index (χ0) is 10.9. The summed E-state index contributed by atoms with van der Waals surface area (Å²) < 4.78 is 0. The molecule has 0 N–H and O–H groups in total. The quantitative estimate of drug-likeness (QED) is 0.662. The molecule has 0 saturated heterocycles. The fourth-order valence-corrected chi connectivity index (χ4v) is 1.26. The Morgan fingerprint density at radius 1 is 1.31 bits per heavy atom. The first kappa shape index (κ1) is 15.0. The molecule has 13 heavy (non-hydrogen) atoms. The van der Waals surface area contributed by atoms with Gasteiger partial charge < -0.3 is 4.90 Å². The number of rotatable bonds is 4. The predicted molar refractivity (Wildman–Crippen MR) is 58.8 cm³/mol. The molecule has 0 radical (unpaired) electrons. The van der Waals surface area contributed by atoms with Gasteiger partial charge in [-0.3, -0.25) is 4.79 Å². The summed E-state index contributed by atoms with van der Waals surface area (Å²) >= 11 is 0. The molecular formula is C11H25NO. The summed E-state index contributed by atoms with van der Waals surface area (Å²) in [5.74, 6) is 0.172. The van der Waals surface area contributed by atoms with Crippen molar-refractivity contribution in [3.8, 4) is 0 Å². The zero-order valence-electron chi connectivity index (χ0n) is 10.1. The summed E-state index contributed by atoms with van der Waals surface area (Å²) in [6.45, 7) is 9.90. The zero-order valence-corrected chi connectivity index (χ0v) is 10.1. The Morgan fingerprint density at radius 2 is 1.77 bits per heavy atom. The van der Waals surface area contributed by atoms with Crippen molar-refractivity contribution in [3.63, 3.8) is 0 Å². The first-order valence-electron chi connectivity index (χ1n) is 5.36. The van der Waals surface area contributed by atoms with Gasteiger partial charge >= 0.3 is 0 Å². The van der Waals surface area contributed by atoms with Gasteiger partial charge in [-0.25, -0.2) is 0 Å². The smallest absolute Gasteiger partial charge is 0.219 e. The fourth-order valence-electron chi connectivity index (χ4n) is 1.26. The second kappa shape index (κ2) is 9.56. The average molecular weight is 187 g/mol. The molecule has 0 bridgehead atoms. The maximum atomic E-state index is 10.9. The molecule has 0 aliphatic carbocycles. The largest absolute Gasteiger partial charge is 0.343 e. The summed E-state index contributed by atoms with van der Waals surface area (Å²) in [5, 5.41) is 0. The van der Waals surface area contributed by atoms with Gasteiger partial charge in [-0.05, 0) is 12.8 Å². The van der Waals surface area contributed by atoms with Gasteiger partial charge in [-0.1, -0.05) is 34.1 Å². The van der Waals surface area contributed by atoms with Crippen LogP contribution in [-0.4, -0.2) is 23.9 Å². The highest BCUT2D eigenvalue weighted by molar-refractivity contribution is 5.73. The Balaban J connectivity index is 0. The normalized spacial score (nSPS) is 11.2. The second-order valence-corrected chi connectivity index (χ2v) is 2.98. The lowest BCUT2D eigenvalue weighted by Gasteiger charge is -2.25. The van der Waals surface area contributed by atoms with Crippen LogP contribution in [0.4, 0.5) is 0 Å². The van der Waals surface area contributed by atoms with Crippen molar-refractivity contribution in [1.82, 2.24) is 4.90 Å². The third-order valence-electron chi connectivity index (χ3n) is 2.14. The molecule has 80 valence electrons. The van der Waals surface area contributed by atoms with E-state index in [2.05, 4.69) is 13.8 Å². The number of carbonyl (C=O) groups is 1. The van der Waals surface area contributed by atoms with Crippen LogP contribution < -0.4 is 0 Å². The topological polar surface area (TPSA) is 20.3 Å². The Morgan fingerprint density at radius 3 is 2.00 bits per heavy atom. The van der Waals surface area contributed by atoms with E-state index in [1.165, 1.54) is 0 Å². The monoisotopic (exact) mass is 187 g/mol. The minimum Gasteiger partial charge on any atom is -0.343 e. The van der Waals surface area contributed by atoms with Crippen LogP contribution in [0.1, 0.15) is 53.9 Å². The van der Waals surface area contributed by atoms with Gasteiger partial charge in [0.05, 0.1) is 0 Å². The van der Waals surface area contributed by atoms with Gasteiger partial charge in [0.25, 0.3) is 0 Å². The van der Waals surface area contributed by atoms with Crippen LogP contribution in [0.2, 0.25) is 0 Å². The molecule has 0 unspecified atom stereocenters. The standard InChI is InChI=1S/C9H19NO.C2H6/c1-5-7-9(6-2)10(4)8(3)11;1-2/h9H,5-7H2,1-4H3;1-2H3/t9-;/m1./s1. The summed E-state index contributed by atoms with van der Waals surface area (Å²) in [4.78, 5) is 12.8. The lowest BCUT2D eigenvalue weighted by Crippen LogP contribution is -2.34. The summed E-state index contributed by atoms with van der Waals surface area (Å²) in [6, 6.07) is 0.442. The maximum Gasteiger partial charge on any atom is 0.219 e. The van der Waals surface area contributed by atoms with E-state index in [4.69, 9.17) is 0 Å². The van der Waals surface area contributed by atoms with Crippen LogP contribution in [0.15, 0.2) is 0 Å². The van der Waals surface area contributed by atoms with Crippen molar-refractivity contribution in [2.45, 2.75) is 59.9 Å². The van der Waals surface area contributed by atoms with Crippen LogP contribution in [0.25, 0.3) is 0 Å². The molecule has 0 spiro atoms. The lowest BCUT2D eigenvalue weighted by molar-refractivity contribution is -0.129. The molecule has 0 aliphatic rings. The van der Waals surface area contributed by atoms with Crippen molar-refractivity contribution in [1.29, 1.82) is 0 Å². The van der Waals surface area contributed by atoms with Crippen LogP contribution >= 0.6 is 0 Å². The van der Waals surface area contributed by atoms with Crippen LogP contribution in [0, 0.1) is 0 Å². The second-order valence-electron chi connectivity index (χ2n) is 2.98. The molecule has 0 aromatic rings. The van der Waals surface area contributed by atoms with Gasteiger partial charge in [0.2, 0.25) is 5.91 Å². The van der Waals surface area contributed by atoms with Crippen LogP contribution in [0.3, 0.4) is 0 Å². The maximum absolute atomic E-state index is 10.9. The molecule has 0 rings (SSSR count). The first-order chi connectivity index (χ1) is 6.13. The van der Waals surface area contributed by atoms with Crippen molar-refractivity contribution in [3.05, 3.63) is 0 Å². The number of carbonyl (C=O) groups excluding carboxylic acids is 1. The Hall–Kier alpha value is -0.530. The van der Waals surface area contributed by atoms with Gasteiger partial charge in [0.15, 0.2) is 0 Å². The summed E-state index contributed by atoms with van der Waals surface area (Å²) in [5.41, 5.74) is 0. The van der Waals surface area contributed by atoms with E-state index in [1.807, 2.05) is 25.8 Å². The van der Waals surface area contributed by atoms with Crippen molar-refractivity contribution in [2.75, 3.05) is 7.05 Å². The molecule has 1 amide bonds. The number of hydrogen-bond acceptors (Lipinski definition) is 1. The molecule has 0 fully saturated rings. The summed E-state index contributed by atoms with van der Waals surface area (Å²) in [7, 11) is 1.88. The van der Waals surface area contributed by atoms with E-state index >= 15 is 0 Å². The van der Waals surface area contributed by atoms with Crippen LogP contribution in [-0.2, 0) is 4.79 Å². The molecule has 0 heterocycles. The highest BCUT2D eigenvalue weighted by atomic mass is 16.2. The minimum absolute atomic E-state index is 0.172. The molecule has 0 aromatic heterocycles. The highest BCUT2D eigenvalue weighted by Crippen LogP contribution is 2.08. The lowest BCUT2D eigenvalue weighted by atomic mass is 10.1. The van der Waals surface area contributed by atoms with Crippen molar-refractivity contribution in [2.24, 2.45) is 0 Å². The Kier molecular flexibility index (Phi) is 11.0. The molecule has 0 aromatic carbocycles. The van der Waals surface area contributed by atoms with E-state index in [0.29, 0.717) is 6.04 Å². The van der Waals surface area contributed by atoms with Gasteiger partial charge in [0.1, 0.15) is 0 Å². The van der Waals surface area contributed by atoms with Gasteiger partial charge in [-0.15, -0.1) is 0 Å². The Labute approximate surface area is 83.3 Å². The van der Waals surface area contributed by atoms with Crippen molar-refractivity contribution >= 4 is 5.91 Å². The van der Waals surface area contributed by atoms with E-state index in [-0.39, 0.29) is 5.91 Å². The third kappa shape index (κ3) is 6.62. The van der Waals surface area contributed by atoms with E-state index in [1.54, 1.807) is 6.92 Å². The van der Waals surface area contributed by atoms with E-state index in [0.717, 1.165) is 19.3 Å². The molecular weight excluding hydrogens is 162 g/mol. The van der Waals surface area contributed by atoms with Crippen LogP contribution in [0.5, 0.6) is 0 Å². The average Bonchev–Trinajstić information content (AvgIpc) is 2.16. The minimum atomic E-state index is 0.172. The van der Waals surface area contributed by atoms with E-state index in [9.17, 15) is 4.79 Å². The number of amides is 1.